The average molecular weight is 271 g/mol. The van der Waals surface area contributed by atoms with Crippen LogP contribution in [0.4, 0.5) is 0 Å². The van der Waals surface area contributed by atoms with Crippen LogP contribution in [0.25, 0.3) is 0 Å². The lowest BCUT2D eigenvalue weighted by Gasteiger charge is -2.35. The monoisotopic (exact) mass is 271 g/mol. The van der Waals surface area contributed by atoms with Gasteiger partial charge in [0.1, 0.15) is 0 Å². The third-order valence-electron chi connectivity index (χ3n) is 3.39. The summed E-state index contributed by atoms with van der Waals surface area (Å²) in [5, 5.41) is 3.19. The normalized spacial score (nSPS) is 18.2. The third-order valence-corrected chi connectivity index (χ3v) is 3.39. The molecule has 1 aliphatic heterocycles. The molecule has 0 aromatic heterocycles. The van der Waals surface area contributed by atoms with Gasteiger partial charge in [-0.25, -0.2) is 0 Å². The largest absolute Gasteiger partial charge is 0.468 e. The summed E-state index contributed by atoms with van der Waals surface area (Å²) in [6, 6.07) is 0. The lowest BCUT2D eigenvalue weighted by molar-refractivity contribution is -0.143. The van der Waals surface area contributed by atoms with Crippen molar-refractivity contribution >= 4 is 11.9 Å². The number of piperazine rings is 1. The first kappa shape index (κ1) is 15.9. The second-order valence-electron chi connectivity index (χ2n) is 4.89. The Morgan fingerprint density at radius 3 is 2.42 bits per heavy atom. The first-order chi connectivity index (χ1) is 9.08. The predicted molar refractivity (Wildman–Crippen MR) is 72.7 cm³/mol. The van der Waals surface area contributed by atoms with Gasteiger partial charge in [-0.05, 0) is 6.54 Å². The van der Waals surface area contributed by atoms with Crippen molar-refractivity contribution in [3.8, 4) is 0 Å². The minimum Gasteiger partial charge on any atom is -0.468 e. The van der Waals surface area contributed by atoms with E-state index in [1.807, 2.05) is 23.6 Å². The van der Waals surface area contributed by atoms with Crippen LogP contribution in [-0.2, 0) is 14.3 Å². The molecule has 0 bridgehead atoms. The van der Waals surface area contributed by atoms with E-state index in [1.165, 1.54) is 7.11 Å². The summed E-state index contributed by atoms with van der Waals surface area (Å²) in [5.41, 5.74) is 0. The Bertz CT molecular complexity index is 302. The van der Waals surface area contributed by atoms with E-state index in [2.05, 4.69) is 10.1 Å². The van der Waals surface area contributed by atoms with Gasteiger partial charge >= 0.3 is 5.97 Å². The molecule has 1 rings (SSSR count). The van der Waals surface area contributed by atoms with Crippen LogP contribution in [0.15, 0.2) is 0 Å². The first-order valence-corrected chi connectivity index (χ1v) is 6.87. The number of rotatable bonds is 6. The molecule has 1 N–H and O–H groups in total. The second-order valence-corrected chi connectivity index (χ2v) is 4.89. The van der Waals surface area contributed by atoms with Crippen LogP contribution >= 0.6 is 0 Å². The average Bonchev–Trinajstić information content (AvgIpc) is 2.44. The molecule has 19 heavy (non-hydrogen) atoms. The number of hydrogen-bond donors (Lipinski definition) is 1. The highest BCUT2D eigenvalue weighted by Gasteiger charge is 2.25. The van der Waals surface area contributed by atoms with E-state index in [9.17, 15) is 9.59 Å². The van der Waals surface area contributed by atoms with E-state index in [4.69, 9.17) is 0 Å². The molecule has 6 nitrogen and oxygen atoms in total. The van der Waals surface area contributed by atoms with Crippen LogP contribution in [0, 0.1) is 5.92 Å². The molecule has 0 saturated carbocycles. The summed E-state index contributed by atoms with van der Waals surface area (Å²) in [5.74, 6) is -0.0222. The van der Waals surface area contributed by atoms with Gasteiger partial charge in [-0.2, -0.15) is 0 Å². The van der Waals surface area contributed by atoms with E-state index < -0.39 is 0 Å². The molecule has 0 aromatic carbocycles. The first-order valence-electron chi connectivity index (χ1n) is 6.87. The number of amides is 1. The predicted octanol–water partition coefficient (Wildman–Crippen LogP) is -0.451. The fourth-order valence-electron chi connectivity index (χ4n) is 2.13. The summed E-state index contributed by atoms with van der Waals surface area (Å²) >= 11 is 0. The van der Waals surface area contributed by atoms with Crippen molar-refractivity contribution < 1.29 is 14.3 Å². The van der Waals surface area contributed by atoms with Crippen LogP contribution in [-0.4, -0.2) is 74.6 Å². The van der Waals surface area contributed by atoms with E-state index >= 15 is 0 Å². The summed E-state index contributed by atoms with van der Waals surface area (Å²) in [4.78, 5) is 27.2. The SMILES string of the molecule is CCNCC(C)C(=O)N1CCN(CC(=O)OC)CC1. The van der Waals surface area contributed by atoms with Crippen molar-refractivity contribution in [2.75, 3.05) is 52.9 Å². The number of esters is 1. The number of nitrogens with one attached hydrogen (secondary N) is 1. The molecule has 6 heteroatoms. The van der Waals surface area contributed by atoms with Gasteiger partial charge in [0, 0.05) is 38.6 Å². The maximum absolute atomic E-state index is 12.2. The Balaban J connectivity index is 2.32. The van der Waals surface area contributed by atoms with Crippen molar-refractivity contribution in [2.24, 2.45) is 5.92 Å². The van der Waals surface area contributed by atoms with Gasteiger partial charge in [-0.15, -0.1) is 0 Å². The number of carbonyl (C=O) groups is 2. The smallest absolute Gasteiger partial charge is 0.319 e. The summed E-state index contributed by atoms with van der Waals surface area (Å²) in [6.07, 6.45) is 0. The summed E-state index contributed by atoms with van der Waals surface area (Å²) < 4.78 is 4.64. The molecule has 0 radical (unpaired) electrons. The standard InChI is InChI=1S/C13H25N3O3/c1-4-14-9-11(2)13(18)16-7-5-15(6-8-16)10-12(17)19-3/h11,14H,4-10H2,1-3H3. The molecule has 1 fully saturated rings. The summed E-state index contributed by atoms with van der Waals surface area (Å²) in [6.45, 7) is 8.73. The van der Waals surface area contributed by atoms with Gasteiger partial charge in [0.25, 0.3) is 0 Å². The molecule has 1 saturated heterocycles. The summed E-state index contributed by atoms with van der Waals surface area (Å²) in [7, 11) is 1.39. The van der Waals surface area contributed by atoms with Crippen LogP contribution < -0.4 is 5.32 Å². The lowest BCUT2D eigenvalue weighted by Crippen LogP contribution is -2.52. The maximum atomic E-state index is 12.2. The zero-order valence-electron chi connectivity index (χ0n) is 12.1. The Morgan fingerprint density at radius 2 is 1.89 bits per heavy atom. The van der Waals surface area contributed by atoms with E-state index in [-0.39, 0.29) is 17.8 Å². The van der Waals surface area contributed by atoms with Crippen molar-refractivity contribution in [2.45, 2.75) is 13.8 Å². The van der Waals surface area contributed by atoms with Crippen molar-refractivity contribution in [3.05, 3.63) is 0 Å². The zero-order valence-corrected chi connectivity index (χ0v) is 12.1. The lowest BCUT2D eigenvalue weighted by atomic mass is 10.1. The number of carbonyl (C=O) groups excluding carboxylic acids is 2. The van der Waals surface area contributed by atoms with Crippen molar-refractivity contribution in [1.29, 1.82) is 0 Å². The van der Waals surface area contributed by atoms with Gasteiger partial charge in [0.05, 0.1) is 13.7 Å². The maximum Gasteiger partial charge on any atom is 0.319 e. The topological polar surface area (TPSA) is 61.9 Å². The van der Waals surface area contributed by atoms with Crippen LogP contribution in [0.1, 0.15) is 13.8 Å². The van der Waals surface area contributed by atoms with E-state index in [0.29, 0.717) is 19.6 Å². The number of methoxy groups -OCH3 is 1. The molecular formula is C13H25N3O3. The molecule has 1 amide bonds. The highest BCUT2D eigenvalue weighted by Crippen LogP contribution is 2.07. The fourth-order valence-corrected chi connectivity index (χ4v) is 2.13. The van der Waals surface area contributed by atoms with Crippen LogP contribution in [0.5, 0.6) is 0 Å². The molecule has 0 aliphatic carbocycles. The molecular weight excluding hydrogens is 246 g/mol. The van der Waals surface area contributed by atoms with Gasteiger partial charge in [-0.3, -0.25) is 14.5 Å². The minimum atomic E-state index is -0.222. The number of hydrogen-bond acceptors (Lipinski definition) is 5. The van der Waals surface area contributed by atoms with Crippen LogP contribution in [0.3, 0.4) is 0 Å². The second kappa shape index (κ2) is 8.12. The van der Waals surface area contributed by atoms with Crippen molar-refractivity contribution in [1.82, 2.24) is 15.1 Å². The van der Waals surface area contributed by atoms with Gasteiger partial charge in [0.15, 0.2) is 0 Å². The molecule has 1 heterocycles. The highest BCUT2D eigenvalue weighted by atomic mass is 16.5. The van der Waals surface area contributed by atoms with E-state index in [1.54, 1.807) is 0 Å². The van der Waals surface area contributed by atoms with Gasteiger partial charge in [-0.1, -0.05) is 13.8 Å². The van der Waals surface area contributed by atoms with Gasteiger partial charge in [0.2, 0.25) is 5.91 Å². The Labute approximate surface area is 115 Å². The van der Waals surface area contributed by atoms with E-state index in [0.717, 1.165) is 26.2 Å². The quantitative estimate of drug-likeness (QED) is 0.663. The highest BCUT2D eigenvalue weighted by molar-refractivity contribution is 5.79. The molecule has 0 aromatic rings. The minimum absolute atomic E-state index is 0.00658. The molecule has 110 valence electrons. The Morgan fingerprint density at radius 1 is 1.26 bits per heavy atom. The fraction of sp³-hybridized carbons (Fsp3) is 0.846. The molecule has 1 unspecified atom stereocenters. The third kappa shape index (κ3) is 5.16. The van der Waals surface area contributed by atoms with Gasteiger partial charge < -0.3 is 15.0 Å². The Kier molecular flexibility index (Phi) is 6.80. The molecule has 1 aliphatic rings. The molecule has 1 atom stereocenters. The zero-order chi connectivity index (χ0) is 14.3. The Hall–Kier alpha value is -1.14. The number of ether oxygens (including phenoxy) is 1. The van der Waals surface area contributed by atoms with Crippen molar-refractivity contribution in [3.63, 3.8) is 0 Å². The number of nitrogens with zero attached hydrogens (tertiary/aromatic N) is 2. The van der Waals surface area contributed by atoms with Crippen LogP contribution in [0.2, 0.25) is 0 Å². The molecule has 0 spiro atoms.